The van der Waals surface area contributed by atoms with Gasteiger partial charge in [0.05, 0.1) is 5.39 Å². The molecular formula is C25H19NO5. The number of carbonyl (C=O) groups excluding carboxylic acids is 1. The number of aromatic hydroxyl groups is 1. The maximum absolute atomic E-state index is 13.0. The number of nitrogens with zero attached hydrogens (tertiary/aromatic N) is 1. The predicted octanol–water partition coefficient (Wildman–Crippen LogP) is 4.71. The van der Waals surface area contributed by atoms with Crippen molar-refractivity contribution in [3.05, 3.63) is 82.1 Å². The first-order valence-electron chi connectivity index (χ1n) is 9.84. The summed E-state index contributed by atoms with van der Waals surface area (Å²) in [5.41, 5.74) is 2.74. The largest absolute Gasteiger partial charge is 0.507 e. The van der Waals surface area contributed by atoms with Gasteiger partial charge >= 0.3 is 0 Å². The van der Waals surface area contributed by atoms with Crippen molar-refractivity contribution in [3.63, 3.8) is 0 Å². The fourth-order valence-electron chi connectivity index (χ4n) is 4.06. The van der Waals surface area contributed by atoms with Crippen molar-refractivity contribution in [2.24, 2.45) is 7.05 Å². The lowest BCUT2D eigenvalue weighted by Crippen LogP contribution is -2.13. The molecule has 0 saturated heterocycles. The van der Waals surface area contributed by atoms with Gasteiger partial charge in [-0.2, -0.15) is 0 Å². The van der Waals surface area contributed by atoms with Crippen LogP contribution in [0, 0.1) is 6.92 Å². The van der Waals surface area contributed by atoms with E-state index >= 15 is 0 Å². The summed E-state index contributed by atoms with van der Waals surface area (Å²) in [7, 11) is 1.92. The third kappa shape index (κ3) is 2.95. The number of carbonyl (C=O) groups is 1. The highest BCUT2D eigenvalue weighted by molar-refractivity contribution is 6.10. The average Bonchev–Trinajstić information content (AvgIpc) is 3.02. The van der Waals surface area contributed by atoms with Gasteiger partial charge in [-0.15, -0.1) is 0 Å². The summed E-state index contributed by atoms with van der Waals surface area (Å²) in [4.78, 5) is 25.7. The quantitative estimate of drug-likeness (QED) is 0.341. The van der Waals surface area contributed by atoms with Crippen LogP contribution in [0.2, 0.25) is 0 Å². The molecule has 0 aliphatic carbocycles. The summed E-state index contributed by atoms with van der Waals surface area (Å²) >= 11 is 0. The molecule has 3 aromatic carbocycles. The van der Waals surface area contributed by atoms with E-state index in [9.17, 15) is 14.7 Å². The molecule has 0 saturated carbocycles. The van der Waals surface area contributed by atoms with E-state index in [1.54, 1.807) is 24.3 Å². The van der Waals surface area contributed by atoms with E-state index in [4.69, 9.17) is 9.15 Å². The van der Waals surface area contributed by atoms with Gasteiger partial charge in [0.2, 0.25) is 11.2 Å². The topological polar surface area (TPSA) is 81.7 Å². The highest BCUT2D eigenvalue weighted by Gasteiger charge is 2.19. The minimum atomic E-state index is -0.316. The van der Waals surface area contributed by atoms with Crippen LogP contribution in [0.15, 0.2) is 69.9 Å². The maximum atomic E-state index is 13.0. The molecule has 0 spiro atoms. The lowest BCUT2D eigenvalue weighted by molar-refractivity contribution is 0.0922. The number of para-hydroxylation sites is 2. The van der Waals surface area contributed by atoms with Gasteiger partial charge in [0, 0.05) is 41.3 Å². The maximum Gasteiger partial charge on any atom is 0.204 e. The molecule has 0 bridgehead atoms. The standard InChI is InChI=1S/C25H19NO5/c1-14-23(16-7-3-5-9-18(16)26(14)2)20(28)13-30-15-11-19(27)24-22(12-15)31-21-10-6-4-8-17(21)25(24)29/h3-12,27H,13H2,1-2H3. The summed E-state index contributed by atoms with van der Waals surface area (Å²) in [6, 6.07) is 17.4. The van der Waals surface area contributed by atoms with Crippen LogP contribution < -0.4 is 10.2 Å². The fraction of sp³-hybridized carbons (Fsp3) is 0.120. The minimum Gasteiger partial charge on any atom is -0.507 e. The van der Waals surface area contributed by atoms with Crippen molar-refractivity contribution in [2.75, 3.05) is 6.61 Å². The number of ketones is 1. The molecule has 2 aromatic heterocycles. The van der Waals surface area contributed by atoms with Gasteiger partial charge in [0.1, 0.15) is 28.1 Å². The Morgan fingerprint density at radius 3 is 2.55 bits per heavy atom. The van der Waals surface area contributed by atoms with Crippen molar-refractivity contribution in [3.8, 4) is 11.5 Å². The number of fused-ring (bicyclic) bond motifs is 3. The molecular weight excluding hydrogens is 394 g/mol. The second kappa shape index (κ2) is 7.02. The molecule has 6 nitrogen and oxygen atoms in total. The smallest absolute Gasteiger partial charge is 0.204 e. The number of rotatable bonds is 4. The highest BCUT2D eigenvalue weighted by Crippen LogP contribution is 2.31. The Morgan fingerprint density at radius 1 is 1.03 bits per heavy atom. The van der Waals surface area contributed by atoms with Gasteiger partial charge in [0.25, 0.3) is 0 Å². The van der Waals surface area contributed by atoms with E-state index in [1.807, 2.05) is 42.8 Å². The molecule has 6 heteroatoms. The molecule has 5 rings (SSSR count). The molecule has 5 aromatic rings. The molecule has 0 aliphatic heterocycles. The van der Waals surface area contributed by atoms with E-state index in [0.717, 1.165) is 16.6 Å². The van der Waals surface area contributed by atoms with Crippen molar-refractivity contribution in [1.82, 2.24) is 4.57 Å². The Morgan fingerprint density at radius 2 is 1.74 bits per heavy atom. The molecule has 0 fully saturated rings. The Labute approximate surface area is 176 Å². The summed E-state index contributed by atoms with van der Waals surface area (Å²) in [5.74, 6) is -0.177. The monoisotopic (exact) mass is 413 g/mol. The zero-order chi connectivity index (χ0) is 21.7. The molecule has 2 heterocycles. The average molecular weight is 413 g/mol. The third-order valence-corrected chi connectivity index (χ3v) is 5.68. The van der Waals surface area contributed by atoms with E-state index in [2.05, 4.69) is 0 Å². The first kappa shape index (κ1) is 18.9. The molecule has 31 heavy (non-hydrogen) atoms. The zero-order valence-corrected chi connectivity index (χ0v) is 17.0. The van der Waals surface area contributed by atoms with E-state index in [1.165, 1.54) is 12.1 Å². The van der Waals surface area contributed by atoms with Crippen LogP contribution in [0.3, 0.4) is 0 Å². The minimum absolute atomic E-state index is 0.0854. The second-order valence-corrected chi connectivity index (χ2v) is 7.49. The Balaban J connectivity index is 1.50. The predicted molar refractivity (Wildman–Crippen MR) is 119 cm³/mol. The first-order valence-corrected chi connectivity index (χ1v) is 9.84. The number of benzene rings is 3. The van der Waals surface area contributed by atoms with E-state index in [0.29, 0.717) is 16.5 Å². The first-order chi connectivity index (χ1) is 15.0. The molecule has 1 N–H and O–H groups in total. The van der Waals surface area contributed by atoms with Crippen LogP contribution in [0.1, 0.15) is 16.1 Å². The Bertz CT molecular complexity index is 1560. The fourth-order valence-corrected chi connectivity index (χ4v) is 4.06. The number of ether oxygens (including phenoxy) is 1. The lowest BCUT2D eigenvalue weighted by atomic mass is 10.1. The summed E-state index contributed by atoms with van der Waals surface area (Å²) in [6.07, 6.45) is 0. The van der Waals surface area contributed by atoms with Crippen LogP contribution >= 0.6 is 0 Å². The molecule has 154 valence electrons. The van der Waals surface area contributed by atoms with Crippen molar-refractivity contribution >= 4 is 38.6 Å². The van der Waals surface area contributed by atoms with Gasteiger partial charge in [0.15, 0.2) is 6.61 Å². The van der Waals surface area contributed by atoms with Crippen LogP contribution in [-0.2, 0) is 7.05 Å². The Hall–Kier alpha value is -4.06. The summed E-state index contributed by atoms with van der Waals surface area (Å²) in [5, 5.41) is 11.8. The Kier molecular flexibility index (Phi) is 4.29. The highest BCUT2D eigenvalue weighted by atomic mass is 16.5. The van der Waals surface area contributed by atoms with Gasteiger partial charge in [-0.1, -0.05) is 30.3 Å². The number of hydrogen-bond donors (Lipinski definition) is 1. The van der Waals surface area contributed by atoms with Crippen molar-refractivity contribution < 1.29 is 19.1 Å². The molecule has 0 unspecified atom stereocenters. The normalized spacial score (nSPS) is 11.4. The number of aryl methyl sites for hydroxylation is 1. The van der Waals surface area contributed by atoms with E-state index in [-0.39, 0.29) is 40.3 Å². The van der Waals surface area contributed by atoms with Gasteiger partial charge < -0.3 is 18.8 Å². The van der Waals surface area contributed by atoms with Crippen molar-refractivity contribution in [2.45, 2.75) is 6.92 Å². The number of phenols is 1. The van der Waals surface area contributed by atoms with Crippen LogP contribution in [-0.4, -0.2) is 22.1 Å². The SMILES string of the molecule is Cc1c(C(=O)COc2cc(O)c3c(=O)c4ccccc4oc3c2)c2ccccc2n1C. The summed E-state index contributed by atoms with van der Waals surface area (Å²) < 4.78 is 13.5. The zero-order valence-electron chi connectivity index (χ0n) is 17.0. The van der Waals surface area contributed by atoms with Crippen LogP contribution in [0.25, 0.3) is 32.8 Å². The van der Waals surface area contributed by atoms with Gasteiger partial charge in [-0.3, -0.25) is 9.59 Å². The van der Waals surface area contributed by atoms with Gasteiger partial charge in [-0.05, 0) is 25.1 Å². The molecule has 0 amide bonds. The number of Topliss-reactive ketones (excluding diaryl/α,β-unsaturated/α-hetero) is 1. The lowest BCUT2D eigenvalue weighted by Gasteiger charge is -2.09. The van der Waals surface area contributed by atoms with Crippen molar-refractivity contribution in [1.29, 1.82) is 0 Å². The van der Waals surface area contributed by atoms with Crippen LogP contribution in [0.5, 0.6) is 11.5 Å². The third-order valence-electron chi connectivity index (χ3n) is 5.68. The molecule has 0 radical (unpaired) electrons. The van der Waals surface area contributed by atoms with Gasteiger partial charge in [-0.25, -0.2) is 0 Å². The molecule has 0 aliphatic rings. The van der Waals surface area contributed by atoms with Crippen LogP contribution in [0.4, 0.5) is 0 Å². The molecule has 0 atom stereocenters. The summed E-state index contributed by atoms with van der Waals surface area (Å²) in [6.45, 7) is 1.69. The van der Waals surface area contributed by atoms with E-state index < -0.39 is 0 Å². The number of hydrogen-bond acceptors (Lipinski definition) is 5. The number of phenolic OH excluding ortho intramolecular Hbond substituents is 1. The second-order valence-electron chi connectivity index (χ2n) is 7.49. The number of aromatic nitrogens is 1.